The fourth-order valence-corrected chi connectivity index (χ4v) is 1.86. The molecule has 0 unspecified atom stereocenters. The normalized spacial score (nSPS) is 10.0. The Morgan fingerprint density at radius 3 is 1.59 bits per heavy atom. The average Bonchev–Trinajstić information content (AvgIpc) is 2.22. The summed E-state index contributed by atoms with van der Waals surface area (Å²) in [5.74, 6) is 0. The van der Waals surface area contributed by atoms with Gasteiger partial charge in [-0.15, -0.1) is 0 Å². The van der Waals surface area contributed by atoms with E-state index in [4.69, 9.17) is 34.3 Å². The molecule has 0 atom stereocenters. The van der Waals surface area contributed by atoms with Crippen LogP contribution in [0, 0.1) is 5.41 Å². The first-order valence-electron chi connectivity index (χ1n) is 4.34. The maximum Gasteiger partial charge on any atom is 0.222 e. The zero-order valence-corrected chi connectivity index (χ0v) is 10.1. The van der Waals surface area contributed by atoms with Gasteiger partial charge in [0.2, 0.25) is 10.5 Å². The smallest absolute Gasteiger partial charge is 0.222 e. The minimum Gasteiger partial charge on any atom is -0.281 e. The van der Waals surface area contributed by atoms with E-state index in [1.165, 1.54) is 0 Å². The molecule has 0 bridgehead atoms. The first kappa shape index (κ1) is 15.5. The fraction of sp³-hybridized carbons (Fsp3) is 0.714. The summed E-state index contributed by atoms with van der Waals surface area (Å²) in [4.78, 5) is 26.9. The molecule has 0 saturated heterocycles. The molecule has 0 saturated carbocycles. The lowest BCUT2D eigenvalue weighted by Gasteiger charge is -2.27. The van der Waals surface area contributed by atoms with Gasteiger partial charge in [0.05, 0.1) is 0 Å². The summed E-state index contributed by atoms with van der Waals surface area (Å²) in [6.45, 7) is -0.418. The van der Waals surface area contributed by atoms with Gasteiger partial charge in [-0.1, -0.05) is 10.2 Å². The largest absolute Gasteiger partial charge is 0.281 e. The molecule has 0 aliphatic heterocycles. The highest BCUT2D eigenvalue weighted by Crippen LogP contribution is 2.30. The number of azide groups is 2. The Morgan fingerprint density at radius 2 is 1.35 bits per heavy atom. The van der Waals surface area contributed by atoms with Crippen LogP contribution >= 0.6 is 23.2 Å². The van der Waals surface area contributed by atoms with Crippen molar-refractivity contribution in [3.8, 4) is 0 Å². The minimum atomic E-state index is -1.16. The third-order valence-corrected chi connectivity index (χ3v) is 2.23. The zero-order chi connectivity index (χ0) is 13.3. The third kappa shape index (κ3) is 6.65. The predicted molar refractivity (Wildman–Crippen MR) is 61.4 cm³/mol. The van der Waals surface area contributed by atoms with Crippen molar-refractivity contribution in [2.45, 2.75) is 12.8 Å². The van der Waals surface area contributed by atoms with Crippen LogP contribution in [-0.4, -0.2) is 23.6 Å². The Labute approximate surface area is 106 Å². The second-order valence-corrected chi connectivity index (χ2v) is 4.18. The van der Waals surface area contributed by atoms with Gasteiger partial charge in [-0.25, -0.2) is 0 Å². The average molecular weight is 279 g/mol. The number of rotatable bonds is 8. The molecule has 0 aromatic rings. The Bertz CT molecular complexity index is 350. The Balaban J connectivity index is 5.14. The lowest BCUT2D eigenvalue weighted by molar-refractivity contribution is -0.116. The summed E-state index contributed by atoms with van der Waals surface area (Å²) in [7, 11) is 0. The van der Waals surface area contributed by atoms with Crippen molar-refractivity contribution in [2.24, 2.45) is 15.6 Å². The maximum atomic E-state index is 10.9. The molecule has 0 amide bonds. The fourth-order valence-electron chi connectivity index (χ4n) is 1.29. The van der Waals surface area contributed by atoms with Gasteiger partial charge in [-0.2, -0.15) is 0 Å². The molecule has 0 aliphatic carbocycles. The molecule has 0 rings (SSSR count). The van der Waals surface area contributed by atoms with E-state index in [0.29, 0.717) is 0 Å². The number of halogens is 2. The Kier molecular flexibility index (Phi) is 7.09. The molecule has 0 fully saturated rings. The third-order valence-electron chi connectivity index (χ3n) is 1.97. The van der Waals surface area contributed by atoms with E-state index < -0.39 is 15.9 Å². The quantitative estimate of drug-likeness (QED) is 0.292. The van der Waals surface area contributed by atoms with Gasteiger partial charge in [-0.05, 0) is 39.7 Å². The molecular weight excluding hydrogens is 271 g/mol. The molecule has 0 aromatic heterocycles. The van der Waals surface area contributed by atoms with E-state index in [1.54, 1.807) is 0 Å². The van der Waals surface area contributed by atoms with Gasteiger partial charge in [0.1, 0.15) is 0 Å². The van der Waals surface area contributed by atoms with E-state index in [1.807, 2.05) is 0 Å². The summed E-state index contributed by atoms with van der Waals surface area (Å²) in [6, 6.07) is 0. The van der Waals surface area contributed by atoms with E-state index in [-0.39, 0.29) is 25.9 Å². The van der Waals surface area contributed by atoms with E-state index in [0.717, 1.165) is 0 Å². The van der Waals surface area contributed by atoms with Crippen LogP contribution in [-0.2, 0) is 9.59 Å². The van der Waals surface area contributed by atoms with Crippen molar-refractivity contribution in [1.82, 2.24) is 0 Å². The van der Waals surface area contributed by atoms with Crippen molar-refractivity contribution in [2.75, 3.05) is 13.1 Å². The SMILES string of the molecule is [N-]=[N+]=NCC(CN=[N+]=[N-])(CC(=O)Cl)CC(=O)Cl. The summed E-state index contributed by atoms with van der Waals surface area (Å²) >= 11 is 10.5. The Hall–Kier alpha value is -1.46. The first-order valence-corrected chi connectivity index (χ1v) is 5.10. The lowest BCUT2D eigenvalue weighted by Crippen LogP contribution is -2.31. The van der Waals surface area contributed by atoms with E-state index >= 15 is 0 Å². The van der Waals surface area contributed by atoms with Crippen LogP contribution in [0.2, 0.25) is 0 Å². The van der Waals surface area contributed by atoms with Crippen LogP contribution < -0.4 is 0 Å². The highest BCUT2D eigenvalue weighted by molar-refractivity contribution is 6.64. The number of carbonyl (C=O) groups excluding carboxylic acids is 2. The van der Waals surface area contributed by atoms with Crippen LogP contribution in [0.15, 0.2) is 10.2 Å². The molecule has 10 heteroatoms. The van der Waals surface area contributed by atoms with Gasteiger partial charge in [0, 0.05) is 35.8 Å². The maximum absolute atomic E-state index is 10.9. The molecule has 92 valence electrons. The topological polar surface area (TPSA) is 132 Å². The standard InChI is InChI=1S/C7H8Cl2N6O2/c8-5(16)1-7(2-6(9)17,3-12-14-10)4-13-15-11/h1-4H2. The van der Waals surface area contributed by atoms with Crippen LogP contribution in [0.3, 0.4) is 0 Å². The molecule has 0 radical (unpaired) electrons. The van der Waals surface area contributed by atoms with Crippen molar-refractivity contribution < 1.29 is 9.59 Å². The molecule has 0 aromatic carbocycles. The summed E-state index contributed by atoms with van der Waals surface area (Å²) in [5, 5.41) is 5.09. The molecular formula is C7H8Cl2N6O2. The lowest BCUT2D eigenvalue weighted by atomic mass is 9.82. The van der Waals surface area contributed by atoms with E-state index in [2.05, 4.69) is 20.1 Å². The molecule has 17 heavy (non-hydrogen) atoms. The van der Waals surface area contributed by atoms with Crippen molar-refractivity contribution in [3.63, 3.8) is 0 Å². The van der Waals surface area contributed by atoms with Crippen molar-refractivity contribution in [3.05, 3.63) is 20.9 Å². The van der Waals surface area contributed by atoms with Crippen LogP contribution in [0.5, 0.6) is 0 Å². The summed E-state index contributed by atoms with van der Waals surface area (Å²) in [5.41, 5.74) is 15.3. The van der Waals surface area contributed by atoms with Crippen LogP contribution in [0.1, 0.15) is 12.8 Å². The molecule has 0 N–H and O–H groups in total. The molecule has 8 nitrogen and oxygen atoms in total. The number of nitrogens with zero attached hydrogens (tertiary/aromatic N) is 6. The number of carbonyl (C=O) groups is 2. The number of hydrogen-bond acceptors (Lipinski definition) is 4. The first-order chi connectivity index (χ1) is 7.95. The highest BCUT2D eigenvalue weighted by atomic mass is 35.5. The minimum absolute atomic E-state index is 0.209. The molecule has 0 aliphatic rings. The summed E-state index contributed by atoms with van der Waals surface area (Å²) < 4.78 is 0. The van der Waals surface area contributed by atoms with Crippen LogP contribution in [0.4, 0.5) is 0 Å². The second kappa shape index (κ2) is 7.76. The second-order valence-electron chi connectivity index (χ2n) is 3.34. The number of hydrogen-bond donors (Lipinski definition) is 0. The van der Waals surface area contributed by atoms with Crippen molar-refractivity contribution >= 4 is 33.7 Å². The van der Waals surface area contributed by atoms with Gasteiger partial charge >= 0.3 is 0 Å². The van der Waals surface area contributed by atoms with Gasteiger partial charge in [0.15, 0.2) is 0 Å². The Morgan fingerprint density at radius 1 is 1.00 bits per heavy atom. The van der Waals surface area contributed by atoms with E-state index in [9.17, 15) is 9.59 Å². The monoisotopic (exact) mass is 278 g/mol. The van der Waals surface area contributed by atoms with Gasteiger partial charge in [-0.3, -0.25) is 9.59 Å². The van der Waals surface area contributed by atoms with Crippen LogP contribution in [0.25, 0.3) is 20.9 Å². The zero-order valence-electron chi connectivity index (χ0n) is 8.58. The molecule has 0 spiro atoms. The predicted octanol–water partition coefficient (Wildman–Crippen LogP) is 2.90. The molecule has 0 heterocycles. The van der Waals surface area contributed by atoms with Crippen molar-refractivity contribution in [1.29, 1.82) is 0 Å². The van der Waals surface area contributed by atoms with Gasteiger partial charge in [0.25, 0.3) is 0 Å². The van der Waals surface area contributed by atoms with Gasteiger partial charge < -0.3 is 0 Å². The summed E-state index contributed by atoms with van der Waals surface area (Å²) in [6.07, 6.45) is -0.546. The highest BCUT2D eigenvalue weighted by Gasteiger charge is 2.33.